The van der Waals surface area contributed by atoms with Crippen LogP contribution >= 0.6 is 0 Å². The van der Waals surface area contributed by atoms with Crippen molar-refractivity contribution in [2.24, 2.45) is 0 Å². The van der Waals surface area contributed by atoms with Crippen LogP contribution in [0.3, 0.4) is 0 Å². The third-order valence-corrected chi connectivity index (χ3v) is 11.9. The molecule has 2 heterocycles. The fourth-order valence-electron chi connectivity index (χ4n) is 6.58. The van der Waals surface area contributed by atoms with E-state index in [1.165, 1.54) is 35.4 Å². The summed E-state index contributed by atoms with van der Waals surface area (Å²) in [6, 6.07) is 21.3. The van der Waals surface area contributed by atoms with E-state index in [0.717, 1.165) is 17.7 Å². The van der Waals surface area contributed by atoms with Gasteiger partial charge in [-0.3, -0.25) is 0 Å². The van der Waals surface area contributed by atoms with Crippen molar-refractivity contribution in [3.63, 3.8) is 0 Å². The van der Waals surface area contributed by atoms with Gasteiger partial charge in [0, 0.05) is 23.0 Å². The van der Waals surface area contributed by atoms with Gasteiger partial charge in [-0.2, -0.15) is 21.6 Å². The molecule has 294 valence electrons. The zero-order chi connectivity index (χ0) is 40.6. The van der Waals surface area contributed by atoms with Crippen molar-refractivity contribution in [1.29, 1.82) is 0 Å². The highest BCUT2D eigenvalue weighted by atomic mass is 32.3. The SMILES string of the molecule is CCOc1ccc(C2=CN(S(=O)(=O)c3ccc(C(C)(C)C)cc3)C(c3ccc(C(F)(F)F)cc3)=C(S(=O)(=O)F)C3C=CC=C(c4ccccc4)N23)cc1OCC. The van der Waals surface area contributed by atoms with Gasteiger partial charge in [0.25, 0.3) is 10.0 Å². The number of hydrogen-bond donors (Lipinski definition) is 0. The fraction of sp³-hybridized carbons (Fsp3) is 0.238. The van der Waals surface area contributed by atoms with Crippen LogP contribution in [0.1, 0.15) is 62.4 Å². The van der Waals surface area contributed by atoms with Crippen molar-refractivity contribution in [3.05, 3.63) is 154 Å². The summed E-state index contributed by atoms with van der Waals surface area (Å²) in [5.41, 5.74) is -0.263. The van der Waals surface area contributed by atoms with Gasteiger partial charge >= 0.3 is 16.4 Å². The molecule has 0 saturated heterocycles. The van der Waals surface area contributed by atoms with Gasteiger partial charge in [-0.15, -0.1) is 3.89 Å². The Morgan fingerprint density at radius 3 is 1.86 bits per heavy atom. The Hall–Kier alpha value is -5.34. The van der Waals surface area contributed by atoms with E-state index < -0.39 is 48.6 Å². The second-order valence-corrected chi connectivity index (χ2v) is 17.1. The Bertz CT molecular complexity index is 2450. The number of sulfonamides is 1. The molecule has 6 rings (SSSR count). The second kappa shape index (κ2) is 15.3. The van der Waals surface area contributed by atoms with Crippen molar-refractivity contribution in [1.82, 2.24) is 9.21 Å². The maximum atomic E-state index is 16.3. The van der Waals surface area contributed by atoms with Crippen molar-refractivity contribution < 1.29 is 43.4 Å². The molecule has 4 aromatic rings. The van der Waals surface area contributed by atoms with E-state index >= 15 is 12.3 Å². The quantitative estimate of drug-likeness (QED) is 0.116. The average molecular weight is 809 g/mol. The number of ether oxygens (including phenoxy) is 2. The highest BCUT2D eigenvalue weighted by Crippen LogP contribution is 2.47. The minimum atomic E-state index is -5.85. The molecule has 0 spiro atoms. The van der Waals surface area contributed by atoms with E-state index in [0.29, 0.717) is 51.4 Å². The van der Waals surface area contributed by atoms with Gasteiger partial charge in [0.05, 0.1) is 41.1 Å². The van der Waals surface area contributed by atoms with Gasteiger partial charge in [-0.1, -0.05) is 87.5 Å². The second-order valence-electron chi connectivity index (χ2n) is 14.0. The van der Waals surface area contributed by atoms with E-state index in [2.05, 4.69) is 0 Å². The van der Waals surface area contributed by atoms with E-state index in [1.807, 2.05) is 20.8 Å². The van der Waals surface area contributed by atoms with Gasteiger partial charge in [-0.25, -0.2) is 12.7 Å². The Morgan fingerprint density at radius 1 is 0.696 bits per heavy atom. The normalized spacial score (nSPS) is 16.6. The van der Waals surface area contributed by atoms with Crippen LogP contribution in [0, 0.1) is 0 Å². The molecule has 56 heavy (non-hydrogen) atoms. The molecule has 0 aromatic heterocycles. The minimum absolute atomic E-state index is 0.0939. The number of halogens is 4. The first kappa shape index (κ1) is 40.3. The molecule has 8 nitrogen and oxygen atoms in total. The maximum Gasteiger partial charge on any atom is 0.416 e. The van der Waals surface area contributed by atoms with Gasteiger partial charge in [0.1, 0.15) is 4.91 Å². The highest BCUT2D eigenvalue weighted by molar-refractivity contribution is 7.91. The predicted molar refractivity (Wildman–Crippen MR) is 209 cm³/mol. The lowest BCUT2D eigenvalue weighted by atomic mass is 9.87. The van der Waals surface area contributed by atoms with E-state index in [-0.39, 0.29) is 28.2 Å². The highest BCUT2D eigenvalue weighted by Gasteiger charge is 2.44. The summed E-state index contributed by atoms with van der Waals surface area (Å²) >= 11 is 0. The first-order valence-corrected chi connectivity index (χ1v) is 20.5. The molecule has 0 amide bonds. The van der Waals surface area contributed by atoms with Crippen molar-refractivity contribution in [2.45, 2.75) is 57.1 Å². The van der Waals surface area contributed by atoms with Crippen LogP contribution < -0.4 is 9.47 Å². The van der Waals surface area contributed by atoms with Crippen molar-refractivity contribution in [3.8, 4) is 11.5 Å². The van der Waals surface area contributed by atoms with Crippen LogP contribution in [0.2, 0.25) is 0 Å². The van der Waals surface area contributed by atoms with E-state index in [1.54, 1.807) is 80.6 Å². The summed E-state index contributed by atoms with van der Waals surface area (Å²) in [5.74, 6) is 0.688. The lowest BCUT2D eigenvalue weighted by Gasteiger charge is -2.37. The molecular weight excluding hydrogens is 769 g/mol. The van der Waals surface area contributed by atoms with Crippen LogP contribution in [0.15, 0.2) is 131 Å². The Kier molecular flexibility index (Phi) is 11.0. The summed E-state index contributed by atoms with van der Waals surface area (Å²) in [5, 5.41) is 0. The number of fused-ring (bicyclic) bond motifs is 1. The topological polar surface area (TPSA) is 93.2 Å². The number of benzene rings is 4. The van der Waals surface area contributed by atoms with Crippen LogP contribution in [0.5, 0.6) is 11.5 Å². The lowest BCUT2D eigenvalue weighted by Crippen LogP contribution is -2.36. The lowest BCUT2D eigenvalue weighted by molar-refractivity contribution is -0.137. The van der Waals surface area contributed by atoms with Crippen molar-refractivity contribution in [2.75, 3.05) is 13.2 Å². The molecule has 0 bridgehead atoms. The van der Waals surface area contributed by atoms with Crippen LogP contribution in [0.4, 0.5) is 17.1 Å². The largest absolute Gasteiger partial charge is 0.490 e. The zero-order valence-electron chi connectivity index (χ0n) is 31.2. The molecule has 2 aliphatic heterocycles. The minimum Gasteiger partial charge on any atom is -0.490 e. The number of alkyl halides is 3. The molecule has 0 radical (unpaired) electrons. The average Bonchev–Trinajstić information content (AvgIpc) is 3.31. The van der Waals surface area contributed by atoms with E-state index in [4.69, 9.17) is 9.47 Å². The first-order valence-electron chi connectivity index (χ1n) is 17.7. The van der Waals surface area contributed by atoms with Crippen molar-refractivity contribution >= 4 is 37.3 Å². The van der Waals surface area contributed by atoms with Crippen LogP contribution in [-0.4, -0.2) is 45.3 Å². The smallest absolute Gasteiger partial charge is 0.416 e. The number of hydrogen-bond acceptors (Lipinski definition) is 7. The fourth-order valence-corrected chi connectivity index (χ4v) is 8.95. The molecular formula is C42H40F4N2O6S2. The Morgan fingerprint density at radius 2 is 1.29 bits per heavy atom. The summed E-state index contributed by atoms with van der Waals surface area (Å²) in [4.78, 5) is 0.208. The van der Waals surface area contributed by atoms with Gasteiger partial charge in [0.15, 0.2) is 11.5 Å². The number of rotatable bonds is 10. The molecule has 0 saturated carbocycles. The Balaban J connectivity index is 1.75. The zero-order valence-corrected chi connectivity index (χ0v) is 32.8. The summed E-state index contributed by atoms with van der Waals surface area (Å²) in [6.45, 7) is 9.94. The standard InChI is InChI=1S/C42H40F4N2O6S2/c1-6-53-37-25-18-30(26-38(37)54-7-2)36-27-47(56(51,52)33-23-21-31(22-24-33)41(3,4)5)39(29-16-19-32(20-17-29)42(43,44)45)40(55(46,49)50)35-15-11-14-34(48(35)36)28-12-9-8-10-13-28/h8-27,35H,6-7H2,1-5H3. The third-order valence-electron chi connectivity index (χ3n) is 9.24. The summed E-state index contributed by atoms with van der Waals surface area (Å²) in [6.07, 6.45) is 0.988. The van der Waals surface area contributed by atoms with E-state index in [9.17, 15) is 21.6 Å². The molecule has 1 atom stereocenters. The molecule has 0 fully saturated rings. The van der Waals surface area contributed by atoms with Crippen LogP contribution in [0.25, 0.3) is 17.1 Å². The molecule has 14 heteroatoms. The molecule has 1 unspecified atom stereocenters. The van der Waals surface area contributed by atoms with Gasteiger partial charge in [0.2, 0.25) is 0 Å². The molecule has 0 N–H and O–H groups in total. The third kappa shape index (κ3) is 7.98. The first-order chi connectivity index (χ1) is 26.4. The monoisotopic (exact) mass is 808 g/mol. The van der Waals surface area contributed by atoms with Crippen LogP contribution in [-0.2, 0) is 31.8 Å². The Labute approximate surface area is 324 Å². The number of nitrogens with zero attached hydrogens (tertiary/aromatic N) is 2. The number of allylic oxidation sites excluding steroid dienone is 2. The predicted octanol–water partition coefficient (Wildman–Crippen LogP) is 9.75. The molecule has 4 aromatic carbocycles. The molecule has 0 aliphatic carbocycles. The summed E-state index contributed by atoms with van der Waals surface area (Å²) in [7, 11) is -10.7. The maximum absolute atomic E-state index is 16.3. The molecule has 2 aliphatic rings. The van der Waals surface area contributed by atoms with Gasteiger partial charge in [-0.05, 0) is 78.9 Å². The summed E-state index contributed by atoms with van der Waals surface area (Å²) < 4.78 is 128. The van der Waals surface area contributed by atoms with Gasteiger partial charge < -0.3 is 14.4 Å².